The van der Waals surface area contributed by atoms with Gasteiger partial charge >= 0.3 is 0 Å². The lowest BCUT2D eigenvalue weighted by atomic mass is 9.98. The fraction of sp³-hybridized carbons (Fsp3) is 0.200. The molecule has 0 saturated heterocycles. The van der Waals surface area contributed by atoms with Crippen LogP contribution in [0.4, 0.5) is 47.7 Å². The first-order chi connectivity index (χ1) is 39.0. The highest BCUT2D eigenvalue weighted by Crippen LogP contribution is 2.42. The average molecular weight is 1080 g/mol. The van der Waals surface area contributed by atoms with Crippen molar-refractivity contribution >= 4 is 84.6 Å². The maximum absolute atomic E-state index is 14.8. The Morgan fingerprint density at radius 2 is 0.728 bits per heavy atom. The largest absolute Gasteiger partial charge is 0.396 e. The van der Waals surface area contributed by atoms with E-state index in [9.17, 15) is 27.6 Å². The van der Waals surface area contributed by atoms with Gasteiger partial charge < -0.3 is 33.2 Å². The molecule has 21 heteroatoms. The molecule has 2 unspecified atom stereocenters. The Morgan fingerprint density at radius 1 is 0.457 bits per heavy atom. The van der Waals surface area contributed by atoms with Crippen molar-refractivity contribution in [1.82, 2.24) is 29.9 Å². The van der Waals surface area contributed by atoms with Gasteiger partial charge in [0.2, 0.25) is 17.7 Å². The van der Waals surface area contributed by atoms with Crippen LogP contribution in [0.1, 0.15) is 36.0 Å². The van der Waals surface area contributed by atoms with Crippen LogP contribution in [0.5, 0.6) is 0 Å². The van der Waals surface area contributed by atoms with E-state index in [1.54, 1.807) is 91.8 Å². The fourth-order valence-electron chi connectivity index (χ4n) is 9.46. The van der Waals surface area contributed by atoms with Crippen LogP contribution in [-0.2, 0) is 14.4 Å². The van der Waals surface area contributed by atoms with Gasteiger partial charge in [-0.1, -0.05) is 0 Å². The number of hydrogen-bond donors (Lipinski definition) is 6. The molecular weight excluding hydrogens is 1040 g/mol. The van der Waals surface area contributed by atoms with Crippen molar-refractivity contribution in [2.75, 3.05) is 33.2 Å². The van der Waals surface area contributed by atoms with Crippen molar-refractivity contribution in [1.29, 1.82) is 15.8 Å². The van der Waals surface area contributed by atoms with Crippen LogP contribution in [-0.4, -0.2) is 47.6 Å². The van der Waals surface area contributed by atoms with Gasteiger partial charge in [0.1, 0.15) is 17.5 Å². The molecule has 9 aromatic rings. The molecule has 0 spiro atoms. The number of halogens is 3. The first-order valence-electron chi connectivity index (χ1n) is 25.5. The van der Waals surface area contributed by atoms with E-state index in [4.69, 9.17) is 33.0 Å². The van der Waals surface area contributed by atoms with E-state index < -0.39 is 17.5 Å². The Hall–Kier alpha value is -10.6. The molecule has 6 atom stereocenters. The molecule has 12 rings (SSSR count). The number of aromatic nitrogens is 6. The lowest BCUT2D eigenvalue weighted by Gasteiger charge is -2.12. The number of nitrogens with one attached hydrogen (secondary N) is 3. The van der Waals surface area contributed by atoms with E-state index in [0.717, 1.165) is 16.7 Å². The second-order valence-electron chi connectivity index (χ2n) is 20.1. The summed E-state index contributed by atoms with van der Waals surface area (Å²) in [6.45, 7) is 5.61. The molecule has 3 amide bonds. The number of carbonyl (C=O) groups excluding carboxylic acids is 3. The molecule has 6 heterocycles. The summed E-state index contributed by atoms with van der Waals surface area (Å²) in [5.74, 6) is -2.78. The molecule has 18 nitrogen and oxygen atoms in total. The summed E-state index contributed by atoms with van der Waals surface area (Å²) in [7, 11) is 0. The molecule has 402 valence electrons. The molecule has 0 aliphatic heterocycles. The third-order valence-electron chi connectivity index (χ3n) is 14.6. The van der Waals surface area contributed by atoms with E-state index in [-0.39, 0.29) is 70.3 Å². The number of nitrogen functional groups attached to an aromatic ring is 3. The molecule has 9 N–H and O–H groups in total. The summed E-state index contributed by atoms with van der Waals surface area (Å²) < 4.78 is 44.5. The van der Waals surface area contributed by atoms with Crippen LogP contribution >= 0.6 is 0 Å². The molecule has 3 aromatic carbocycles. The van der Waals surface area contributed by atoms with Crippen molar-refractivity contribution in [2.45, 2.75) is 40.0 Å². The Bertz CT molecular complexity index is 3790. The number of fused-ring (bicyclic) bond motifs is 3. The number of benzene rings is 3. The summed E-state index contributed by atoms with van der Waals surface area (Å²) in [6, 6.07) is 21.7. The van der Waals surface area contributed by atoms with E-state index >= 15 is 0 Å². The fourth-order valence-corrected chi connectivity index (χ4v) is 9.46. The predicted molar refractivity (Wildman–Crippen MR) is 300 cm³/mol. The Kier molecular flexibility index (Phi) is 14.6. The zero-order chi connectivity index (χ0) is 57.4. The van der Waals surface area contributed by atoms with Crippen molar-refractivity contribution in [3.8, 4) is 51.6 Å². The Labute approximate surface area is 460 Å². The number of carbonyl (C=O) groups is 3. The van der Waals surface area contributed by atoms with Crippen molar-refractivity contribution < 1.29 is 27.6 Å². The molecule has 0 bridgehead atoms. The number of amides is 3. The Balaban J connectivity index is 0.000000136. The van der Waals surface area contributed by atoms with Gasteiger partial charge in [0.15, 0.2) is 17.5 Å². The standard InChI is InChI=1S/3C20H16FN5O/c3*1-10-2-3-24-8-15(10)14-4-11-6-17(25-9-16(11)19(23)18(14)21)26-20(27)13-5-12(13)7-22/h3*2-4,6,8-9,12-13H,5,23H2,1H3,(H,25,26,27)/t2*12-,13+;/m10./s1. The van der Waals surface area contributed by atoms with Crippen LogP contribution in [0.25, 0.3) is 65.7 Å². The van der Waals surface area contributed by atoms with Crippen molar-refractivity contribution in [3.05, 3.63) is 145 Å². The van der Waals surface area contributed by atoms with Gasteiger partial charge in [-0.15, -0.1) is 0 Å². The second-order valence-corrected chi connectivity index (χ2v) is 20.1. The lowest BCUT2D eigenvalue weighted by Crippen LogP contribution is -2.15. The van der Waals surface area contributed by atoms with Crippen LogP contribution in [0.15, 0.2) is 110 Å². The summed E-state index contributed by atoms with van der Waals surface area (Å²) in [4.78, 5) is 61.1. The van der Waals surface area contributed by atoms with Crippen LogP contribution in [0.2, 0.25) is 0 Å². The predicted octanol–water partition coefficient (Wildman–Crippen LogP) is 10.3. The van der Waals surface area contributed by atoms with E-state index in [0.29, 0.717) is 102 Å². The number of nitriles is 3. The average Bonchev–Trinajstić information content (AvgIpc) is 4.49. The number of pyridine rings is 6. The number of nitrogens with two attached hydrogens (primary N) is 3. The smallest absolute Gasteiger partial charge is 0.230 e. The molecule has 81 heavy (non-hydrogen) atoms. The number of anilines is 6. The van der Waals surface area contributed by atoms with Crippen LogP contribution in [0, 0.1) is 108 Å². The number of rotatable bonds is 9. The summed E-state index contributed by atoms with van der Waals surface area (Å²) in [5, 5.41) is 38.1. The second kappa shape index (κ2) is 22.0. The number of hydrogen-bond acceptors (Lipinski definition) is 15. The highest BCUT2D eigenvalue weighted by atomic mass is 19.1. The van der Waals surface area contributed by atoms with Gasteiger partial charge in [-0.2, -0.15) is 15.8 Å². The zero-order valence-corrected chi connectivity index (χ0v) is 43.6. The third kappa shape index (κ3) is 11.0. The van der Waals surface area contributed by atoms with Crippen LogP contribution < -0.4 is 33.2 Å². The normalized spacial score (nSPS) is 18.1. The maximum atomic E-state index is 14.8. The first-order valence-corrected chi connectivity index (χ1v) is 25.5. The van der Waals surface area contributed by atoms with E-state index in [1.165, 1.54) is 18.6 Å². The number of nitrogens with zero attached hydrogens (tertiary/aromatic N) is 9. The summed E-state index contributed by atoms with van der Waals surface area (Å²) in [5.41, 5.74) is 23.6. The van der Waals surface area contributed by atoms with E-state index in [1.807, 2.05) is 20.8 Å². The van der Waals surface area contributed by atoms with Gasteiger partial charge in [0, 0.05) is 105 Å². The molecular formula is C60H48F3N15O3. The quantitative estimate of drug-likeness (QED) is 0.0732. The van der Waals surface area contributed by atoms with Gasteiger partial charge in [0.25, 0.3) is 0 Å². The highest BCUT2D eigenvalue weighted by molar-refractivity contribution is 6.03. The summed E-state index contributed by atoms with van der Waals surface area (Å²) >= 11 is 0. The van der Waals surface area contributed by atoms with Crippen molar-refractivity contribution in [3.63, 3.8) is 0 Å². The lowest BCUT2D eigenvalue weighted by molar-refractivity contribution is -0.118. The monoisotopic (exact) mass is 1080 g/mol. The minimum atomic E-state index is -0.521. The first kappa shape index (κ1) is 53.8. The topological polar surface area (TPSA) is 314 Å². The Morgan fingerprint density at radius 3 is 0.963 bits per heavy atom. The molecule has 3 aliphatic carbocycles. The minimum Gasteiger partial charge on any atom is -0.396 e. The van der Waals surface area contributed by atoms with Gasteiger partial charge in [-0.3, -0.25) is 29.3 Å². The molecule has 3 fully saturated rings. The van der Waals surface area contributed by atoms with Gasteiger partial charge in [-0.05, 0) is 127 Å². The molecule has 3 saturated carbocycles. The van der Waals surface area contributed by atoms with Gasteiger partial charge in [-0.25, -0.2) is 28.1 Å². The highest BCUT2D eigenvalue weighted by Gasteiger charge is 2.45. The molecule has 0 radical (unpaired) electrons. The minimum absolute atomic E-state index is 0.00265. The molecule has 6 aromatic heterocycles. The van der Waals surface area contributed by atoms with Gasteiger partial charge in [0.05, 0.1) is 70.8 Å². The third-order valence-corrected chi connectivity index (χ3v) is 14.6. The summed E-state index contributed by atoms with van der Waals surface area (Å²) in [6.07, 6.45) is 15.7. The van der Waals surface area contributed by atoms with Crippen LogP contribution in [0.3, 0.4) is 0 Å². The SMILES string of the molecule is Cc1ccncc1-c1cc2cc(NC(=O)C3CC3C#N)ncc2c(N)c1F.Cc1ccncc1-c1cc2cc(NC(=O)[C@@H]3C[C@H]3C#N)ncc2c(N)c1F.Cc1ccncc1-c1cc2cc(NC(=O)[C@H]3C[C@@H]3C#N)ncc2c(N)c1F. The number of aryl methyl sites for hydroxylation is 3. The molecule has 3 aliphatic rings. The maximum Gasteiger partial charge on any atom is 0.230 e. The van der Waals surface area contributed by atoms with E-state index in [2.05, 4.69) is 64.1 Å². The van der Waals surface area contributed by atoms with Crippen molar-refractivity contribution in [2.24, 2.45) is 35.5 Å². The zero-order valence-electron chi connectivity index (χ0n) is 43.6.